The molecular weight excluding hydrogens is 391 g/mol. The predicted molar refractivity (Wildman–Crippen MR) is 119 cm³/mol. The number of halogens is 1. The number of likely N-dealkylation sites (tertiary alicyclic amines) is 1. The second-order valence-electron chi connectivity index (χ2n) is 8.23. The predicted octanol–water partition coefficient (Wildman–Crippen LogP) is 4.44. The summed E-state index contributed by atoms with van der Waals surface area (Å²) in [5, 5.41) is 0. The smallest absolute Gasteiger partial charge is 0.253 e. The van der Waals surface area contributed by atoms with Gasteiger partial charge in [-0.3, -0.25) is 9.59 Å². The normalized spacial score (nSPS) is 18.5. The lowest BCUT2D eigenvalue weighted by atomic mass is 9.74. The van der Waals surface area contributed by atoms with Crippen LogP contribution in [0.25, 0.3) is 11.1 Å². The number of nitrogens with two attached hydrogens (primary N) is 1. The third kappa shape index (κ3) is 4.50. The molecule has 4 rings (SSSR count). The summed E-state index contributed by atoms with van der Waals surface area (Å²) in [6.07, 6.45) is 1.78. The number of piperidine rings is 1. The van der Waals surface area contributed by atoms with Crippen LogP contribution < -0.4 is 5.73 Å². The van der Waals surface area contributed by atoms with Crippen molar-refractivity contribution in [3.63, 3.8) is 0 Å². The standard InChI is InChI=1S/C26H25FN2O2/c27-23-12-5-11-22(16-23)21-10-4-7-19(15-21)17-26(25(28)31)13-6-14-29(18-26)24(30)20-8-2-1-3-9-20/h1-5,7-12,15-16H,6,13-14,17-18H2,(H2,28,31). The molecule has 3 aromatic rings. The second-order valence-corrected chi connectivity index (χ2v) is 8.23. The third-order valence-electron chi connectivity index (χ3n) is 6.03. The number of nitrogens with zero attached hydrogens (tertiary/aromatic N) is 1. The quantitative estimate of drug-likeness (QED) is 0.668. The largest absolute Gasteiger partial charge is 0.369 e. The number of carbonyl (C=O) groups is 2. The minimum absolute atomic E-state index is 0.0839. The highest BCUT2D eigenvalue weighted by molar-refractivity contribution is 5.95. The van der Waals surface area contributed by atoms with Gasteiger partial charge in [-0.15, -0.1) is 0 Å². The maximum Gasteiger partial charge on any atom is 0.253 e. The van der Waals surface area contributed by atoms with Gasteiger partial charge in [0.2, 0.25) is 5.91 Å². The van der Waals surface area contributed by atoms with Crippen LogP contribution in [0.4, 0.5) is 4.39 Å². The van der Waals surface area contributed by atoms with Gasteiger partial charge in [-0.2, -0.15) is 0 Å². The van der Waals surface area contributed by atoms with Crippen LogP contribution in [0, 0.1) is 11.2 Å². The van der Waals surface area contributed by atoms with E-state index in [4.69, 9.17) is 5.73 Å². The minimum atomic E-state index is -0.830. The van der Waals surface area contributed by atoms with Gasteiger partial charge in [-0.25, -0.2) is 4.39 Å². The summed E-state index contributed by atoms with van der Waals surface area (Å²) in [4.78, 5) is 27.3. The summed E-state index contributed by atoms with van der Waals surface area (Å²) < 4.78 is 13.7. The highest BCUT2D eigenvalue weighted by atomic mass is 19.1. The summed E-state index contributed by atoms with van der Waals surface area (Å²) >= 11 is 0. The number of hydrogen-bond donors (Lipinski definition) is 1. The average Bonchev–Trinajstić information content (AvgIpc) is 2.79. The molecule has 0 bridgehead atoms. The van der Waals surface area contributed by atoms with Gasteiger partial charge in [0.05, 0.1) is 5.41 Å². The maximum atomic E-state index is 13.7. The highest BCUT2D eigenvalue weighted by Crippen LogP contribution is 2.35. The monoisotopic (exact) mass is 416 g/mol. The molecule has 1 aliphatic heterocycles. The van der Waals surface area contributed by atoms with Gasteiger partial charge in [-0.1, -0.05) is 54.6 Å². The van der Waals surface area contributed by atoms with E-state index < -0.39 is 11.3 Å². The Bertz CT molecular complexity index is 1100. The van der Waals surface area contributed by atoms with Crippen molar-refractivity contribution >= 4 is 11.8 Å². The molecular formula is C26H25FN2O2. The van der Waals surface area contributed by atoms with Crippen LogP contribution in [0.1, 0.15) is 28.8 Å². The van der Waals surface area contributed by atoms with Gasteiger partial charge in [-0.05, 0) is 60.2 Å². The summed E-state index contributed by atoms with van der Waals surface area (Å²) in [7, 11) is 0. The summed E-state index contributed by atoms with van der Waals surface area (Å²) in [6.45, 7) is 0.895. The van der Waals surface area contributed by atoms with E-state index in [1.807, 2.05) is 48.5 Å². The van der Waals surface area contributed by atoms with Crippen LogP contribution >= 0.6 is 0 Å². The number of hydrogen-bond acceptors (Lipinski definition) is 2. The van der Waals surface area contributed by atoms with Crippen LogP contribution in [0.3, 0.4) is 0 Å². The Morgan fingerprint density at radius 3 is 2.35 bits per heavy atom. The summed E-state index contributed by atoms with van der Waals surface area (Å²) in [5.74, 6) is -0.771. The molecule has 4 nitrogen and oxygen atoms in total. The Morgan fingerprint density at radius 1 is 0.935 bits per heavy atom. The molecule has 0 aromatic heterocycles. The first-order valence-electron chi connectivity index (χ1n) is 10.5. The lowest BCUT2D eigenvalue weighted by Gasteiger charge is -2.41. The minimum Gasteiger partial charge on any atom is -0.369 e. The van der Waals surface area contributed by atoms with Crippen molar-refractivity contribution in [1.82, 2.24) is 4.90 Å². The number of rotatable bonds is 5. The molecule has 31 heavy (non-hydrogen) atoms. The van der Waals surface area contributed by atoms with E-state index >= 15 is 0 Å². The van der Waals surface area contributed by atoms with E-state index in [1.165, 1.54) is 12.1 Å². The molecule has 0 saturated carbocycles. The lowest BCUT2D eigenvalue weighted by molar-refractivity contribution is -0.130. The molecule has 0 radical (unpaired) electrons. The zero-order valence-corrected chi connectivity index (χ0v) is 17.3. The number of benzene rings is 3. The Kier molecular flexibility index (Phi) is 5.85. The number of amides is 2. The molecule has 3 aromatic carbocycles. The van der Waals surface area contributed by atoms with Gasteiger partial charge in [0, 0.05) is 18.7 Å². The Morgan fingerprint density at radius 2 is 1.65 bits per heavy atom. The van der Waals surface area contributed by atoms with Gasteiger partial charge in [0.1, 0.15) is 5.82 Å². The van der Waals surface area contributed by atoms with Crippen molar-refractivity contribution in [2.75, 3.05) is 13.1 Å². The van der Waals surface area contributed by atoms with Crippen molar-refractivity contribution in [2.24, 2.45) is 11.1 Å². The van der Waals surface area contributed by atoms with Crippen LogP contribution in [0.5, 0.6) is 0 Å². The van der Waals surface area contributed by atoms with Crippen molar-refractivity contribution < 1.29 is 14.0 Å². The SMILES string of the molecule is NC(=O)C1(Cc2cccc(-c3cccc(F)c3)c2)CCCN(C(=O)c2ccccc2)C1. The fraction of sp³-hybridized carbons (Fsp3) is 0.231. The first-order valence-corrected chi connectivity index (χ1v) is 10.5. The fourth-order valence-corrected chi connectivity index (χ4v) is 4.42. The van der Waals surface area contributed by atoms with E-state index in [1.54, 1.807) is 23.1 Å². The molecule has 1 fully saturated rings. The molecule has 0 aliphatic carbocycles. The van der Waals surface area contributed by atoms with E-state index in [2.05, 4.69) is 0 Å². The molecule has 1 unspecified atom stereocenters. The average molecular weight is 416 g/mol. The first kappa shape index (κ1) is 20.8. The summed E-state index contributed by atoms with van der Waals surface area (Å²) in [6, 6.07) is 23.3. The van der Waals surface area contributed by atoms with E-state index in [0.29, 0.717) is 37.9 Å². The molecule has 2 amide bonds. The highest BCUT2D eigenvalue weighted by Gasteiger charge is 2.42. The number of primary amides is 1. The molecule has 1 aliphatic rings. The van der Waals surface area contributed by atoms with Gasteiger partial charge in [0.25, 0.3) is 5.91 Å². The van der Waals surface area contributed by atoms with E-state index in [9.17, 15) is 14.0 Å². The molecule has 5 heteroatoms. The molecule has 1 saturated heterocycles. The van der Waals surface area contributed by atoms with Crippen molar-refractivity contribution in [3.05, 3.63) is 95.8 Å². The molecule has 1 heterocycles. The van der Waals surface area contributed by atoms with Gasteiger partial charge in [0.15, 0.2) is 0 Å². The summed E-state index contributed by atoms with van der Waals surface area (Å²) in [5.41, 5.74) is 8.27. The van der Waals surface area contributed by atoms with Gasteiger partial charge < -0.3 is 10.6 Å². The maximum absolute atomic E-state index is 13.7. The molecule has 1 atom stereocenters. The van der Waals surface area contributed by atoms with Crippen LogP contribution in [0.2, 0.25) is 0 Å². The zero-order valence-electron chi connectivity index (χ0n) is 17.3. The van der Waals surface area contributed by atoms with Crippen molar-refractivity contribution in [2.45, 2.75) is 19.3 Å². The first-order chi connectivity index (χ1) is 15.0. The molecule has 2 N–H and O–H groups in total. The lowest BCUT2D eigenvalue weighted by Crippen LogP contribution is -2.53. The van der Waals surface area contributed by atoms with Crippen molar-refractivity contribution in [3.8, 4) is 11.1 Å². The zero-order chi connectivity index (χ0) is 21.8. The Hall–Kier alpha value is -3.47. The fourth-order valence-electron chi connectivity index (χ4n) is 4.42. The Labute approximate surface area is 181 Å². The molecule has 0 spiro atoms. The topological polar surface area (TPSA) is 63.4 Å². The van der Waals surface area contributed by atoms with Crippen LogP contribution in [-0.4, -0.2) is 29.8 Å². The van der Waals surface area contributed by atoms with E-state index in [-0.39, 0.29) is 11.7 Å². The third-order valence-corrected chi connectivity index (χ3v) is 6.03. The van der Waals surface area contributed by atoms with Crippen molar-refractivity contribution in [1.29, 1.82) is 0 Å². The molecule has 158 valence electrons. The van der Waals surface area contributed by atoms with Crippen LogP contribution in [0.15, 0.2) is 78.9 Å². The van der Waals surface area contributed by atoms with E-state index in [0.717, 1.165) is 16.7 Å². The van der Waals surface area contributed by atoms with Crippen LogP contribution in [-0.2, 0) is 11.2 Å². The number of carbonyl (C=O) groups excluding carboxylic acids is 2. The Balaban J connectivity index is 1.60. The second kappa shape index (κ2) is 8.72. The van der Waals surface area contributed by atoms with Gasteiger partial charge >= 0.3 is 0 Å².